The average molecular weight is 464 g/mol. The first kappa shape index (κ1) is 22.0. The number of aromatic amines is 1. The standard InChI is InChI=1S/C24H26FN7O2/c1-3-26-9-4-10-34-16-11-17-19-18(12-16)29-21(14-5-7-15(25)8-6-14)20(22(19)30-31-24(17)33)23-27-13-28-32(23)2/h5-8,11-13,20-21,26,29H,3-4,9-10H2,1-2H3,(H,31,33)/t20-,21-/m1/s1. The maximum atomic E-state index is 13.7. The Hall–Kier alpha value is -3.79. The van der Waals surface area contributed by atoms with E-state index in [0.29, 0.717) is 29.3 Å². The van der Waals surface area contributed by atoms with Crippen LogP contribution in [0.15, 0.2) is 47.5 Å². The number of halogens is 1. The first-order valence-corrected chi connectivity index (χ1v) is 11.3. The molecule has 5 rings (SSSR count). The molecule has 0 saturated heterocycles. The van der Waals surface area contributed by atoms with Crippen molar-refractivity contribution in [3.63, 3.8) is 0 Å². The topological polar surface area (TPSA) is 110 Å². The molecule has 4 aromatic rings. The van der Waals surface area contributed by atoms with Gasteiger partial charge in [0.25, 0.3) is 5.56 Å². The molecule has 2 aromatic heterocycles. The number of aryl methyl sites for hydroxylation is 1. The molecule has 1 aliphatic rings. The summed E-state index contributed by atoms with van der Waals surface area (Å²) >= 11 is 0. The molecule has 176 valence electrons. The van der Waals surface area contributed by atoms with Gasteiger partial charge in [-0.05, 0) is 43.3 Å². The fourth-order valence-corrected chi connectivity index (χ4v) is 4.50. The van der Waals surface area contributed by atoms with Crippen LogP contribution >= 0.6 is 0 Å². The van der Waals surface area contributed by atoms with E-state index in [0.717, 1.165) is 36.1 Å². The van der Waals surface area contributed by atoms with Crippen molar-refractivity contribution in [2.75, 3.05) is 25.0 Å². The molecular weight excluding hydrogens is 437 g/mol. The van der Waals surface area contributed by atoms with Gasteiger partial charge in [0.15, 0.2) is 0 Å². The van der Waals surface area contributed by atoms with Gasteiger partial charge >= 0.3 is 0 Å². The first-order valence-electron chi connectivity index (χ1n) is 11.3. The van der Waals surface area contributed by atoms with Crippen LogP contribution in [0, 0.1) is 5.82 Å². The molecule has 2 atom stereocenters. The number of nitrogens with one attached hydrogen (secondary N) is 3. The lowest BCUT2D eigenvalue weighted by atomic mass is 9.83. The van der Waals surface area contributed by atoms with Crippen LogP contribution in [0.4, 0.5) is 10.1 Å². The van der Waals surface area contributed by atoms with Crippen LogP contribution < -0.4 is 20.9 Å². The lowest BCUT2D eigenvalue weighted by Crippen LogP contribution is -2.30. The van der Waals surface area contributed by atoms with Gasteiger partial charge < -0.3 is 15.4 Å². The zero-order valence-electron chi connectivity index (χ0n) is 19.0. The van der Waals surface area contributed by atoms with Crippen LogP contribution in [0.5, 0.6) is 5.75 Å². The predicted octanol–water partition coefficient (Wildman–Crippen LogP) is 2.87. The number of ether oxygens (including phenoxy) is 1. The van der Waals surface area contributed by atoms with Gasteiger partial charge in [0.05, 0.1) is 29.6 Å². The van der Waals surface area contributed by atoms with E-state index < -0.39 is 0 Å². The van der Waals surface area contributed by atoms with Crippen molar-refractivity contribution in [2.45, 2.75) is 25.3 Å². The SMILES string of the molecule is CCNCCCOc1cc2c3c(n[nH]c(=O)c3c1)[C@H](c1ncnn1C)[C@@H](c1ccc(F)cc1)N2. The third-order valence-electron chi connectivity index (χ3n) is 6.10. The fraction of sp³-hybridized carbons (Fsp3) is 0.333. The summed E-state index contributed by atoms with van der Waals surface area (Å²) in [5.74, 6) is 0.603. The van der Waals surface area contributed by atoms with Gasteiger partial charge in [0.2, 0.25) is 0 Å². The lowest BCUT2D eigenvalue weighted by Gasteiger charge is -2.34. The Morgan fingerprint density at radius 3 is 2.79 bits per heavy atom. The van der Waals surface area contributed by atoms with E-state index in [4.69, 9.17) is 4.74 Å². The Labute approximate surface area is 195 Å². The lowest BCUT2D eigenvalue weighted by molar-refractivity contribution is 0.309. The van der Waals surface area contributed by atoms with Crippen molar-refractivity contribution in [1.82, 2.24) is 30.3 Å². The van der Waals surface area contributed by atoms with Crippen molar-refractivity contribution < 1.29 is 9.13 Å². The molecule has 0 fully saturated rings. The molecule has 9 nitrogen and oxygen atoms in total. The van der Waals surface area contributed by atoms with Crippen molar-refractivity contribution in [3.05, 3.63) is 76.0 Å². The maximum absolute atomic E-state index is 13.7. The number of nitrogens with zero attached hydrogens (tertiary/aromatic N) is 4. The largest absolute Gasteiger partial charge is 0.493 e. The quantitative estimate of drug-likeness (QED) is 0.345. The second-order valence-corrected chi connectivity index (χ2v) is 8.28. The fourth-order valence-electron chi connectivity index (χ4n) is 4.50. The Morgan fingerprint density at radius 1 is 1.24 bits per heavy atom. The summed E-state index contributed by atoms with van der Waals surface area (Å²) in [5, 5.41) is 19.4. The predicted molar refractivity (Wildman–Crippen MR) is 127 cm³/mol. The number of anilines is 1. The zero-order chi connectivity index (χ0) is 23.7. The highest BCUT2D eigenvalue weighted by atomic mass is 19.1. The van der Waals surface area contributed by atoms with Crippen LogP contribution in [-0.4, -0.2) is 44.7 Å². The molecule has 2 aromatic carbocycles. The van der Waals surface area contributed by atoms with Crippen LogP contribution in [0.25, 0.3) is 10.8 Å². The average Bonchev–Trinajstić information content (AvgIpc) is 3.26. The number of rotatable bonds is 8. The van der Waals surface area contributed by atoms with Gasteiger partial charge in [-0.1, -0.05) is 19.1 Å². The molecule has 0 saturated carbocycles. The molecule has 0 bridgehead atoms. The number of hydrogen-bond acceptors (Lipinski definition) is 7. The van der Waals surface area contributed by atoms with E-state index in [2.05, 4.69) is 37.8 Å². The molecule has 0 amide bonds. The minimum Gasteiger partial charge on any atom is -0.493 e. The van der Waals surface area contributed by atoms with Gasteiger partial charge in [0, 0.05) is 24.2 Å². The summed E-state index contributed by atoms with van der Waals surface area (Å²) in [6.07, 6.45) is 2.33. The third kappa shape index (κ3) is 4.01. The van der Waals surface area contributed by atoms with E-state index in [-0.39, 0.29) is 23.3 Å². The second-order valence-electron chi connectivity index (χ2n) is 8.28. The molecule has 10 heteroatoms. The third-order valence-corrected chi connectivity index (χ3v) is 6.10. The van der Waals surface area contributed by atoms with E-state index in [1.807, 2.05) is 13.1 Å². The van der Waals surface area contributed by atoms with E-state index in [9.17, 15) is 9.18 Å². The highest BCUT2D eigenvalue weighted by Crippen LogP contribution is 2.46. The highest BCUT2D eigenvalue weighted by molar-refractivity contribution is 5.98. The summed E-state index contributed by atoms with van der Waals surface area (Å²) < 4.78 is 21.3. The molecule has 0 radical (unpaired) electrons. The van der Waals surface area contributed by atoms with Gasteiger partial charge in [-0.2, -0.15) is 10.2 Å². The number of benzene rings is 2. The van der Waals surface area contributed by atoms with E-state index in [1.165, 1.54) is 18.5 Å². The molecular formula is C24H26FN7O2. The maximum Gasteiger partial charge on any atom is 0.272 e. The van der Waals surface area contributed by atoms with Crippen LogP contribution in [0.2, 0.25) is 0 Å². The molecule has 3 heterocycles. The monoisotopic (exact) mass is 463 g/mol. The van der Waals surface area contributed by atoms with Gasteiger partial charge in [-0.3, -0.25) is 9.48 Å². The Balaban J connectivity index is 1.62. The van der Waals surface area contributed by atoms with Gasteiger partial charge in [0.1, 0.15) is 23.7 Å². The Kier molecular flexibility index (Phi) is 5.97. The summed E-state index contributed by atoms with van der Waals surface area (Å²) in [7, 11) is 1.81. The minimum absolute atomic E-state index is 0.295. The summed E-state index contributed by atoms with van der Waals surface area (Å²) in [5.41, 5.74) is 1.98. The van der Waals surface area contributed by atoms with E-state index >= 15 is 0 Å². The van der Waals surface area contributed by atoms with Crippen molar-refractivity contribution in [3.8, 4) is 5.75 Å². The second kappa shape index (κ2) is 9.22. The minimum atomic E-state index is -0.364. The van der Waals surface area contributed by atoms with Crippen molar-refractivity contribution in [2.24, 2.45) is 7.05 Å². The number of hydrogen-bond donors (Lipinski definition) is 3. The molecule has 0 unspecified atom stereocenters. The summed E-state index contributed by atoms with van der Waals surface area (Å²) in [6.45, 7) is 4.35. The zero-order valence-corrected chi connectivity index (χ0v) is 19.0. The van der Waals surface area contributed by atoms with Gasteiger partial charge in [-0.15, -0.1) is 0 Å². The van der Waals surface area contributed by atoms with E-state index in [1.54, 1.807) is 22.9 Å². The molecule has 0 aliphatic carbocycles. The molecule has 3 N–H and O–H groups in total. The number of H-pyrrole nitrogens is 1. The Morgan fingerprint density at radius 2 is 2.06 bits per heavy atom. The molecule has 1 aliphatic heterocycles. The summed E-state index contributed by atoms with van der Waals surface area (Å²) in [4.78, 5) is 17.2. The Bertz CT molecular complexity index is 1370. The van der Waals surface area contributed by atoms with Crippen LogP contribution in [0.3, 0.4) is 0 Å². The van der Waals surface area contributed by atoms with Crippen LogP contribution in [0.1, 0.15) is 42.4 Å². The molecule has 0 spiro atoms. The van der Waals surface area contributed by atoms with Crippen LogP contribution in [-0.2, 0) is 7.05 Å². The summed E-state index contributed by atoms with van der Waals surface area (Å²) in [6, 6.07) is 9.67. The van der Waals surface area contributed by atoms with Crippen molar-refractivity contribution >= 4 is 16.5 Å². The normalized spacial score (nSPS) is 17.0. The molecule has 34 heavy (non-hydrogen) atoms. The highest BCUT2D eigenvalue weighted by Gasteiger charge is 2.37. The van der Waals surface area contributed by atoms with Gasteiger partial charge in [-0.25, -0.2) is 14.5 Å². The number of aromatic nitrogens is 5. The van der Waals surface area contributed by atoms with Crippen molar-refractivity contribution in [1.29, 1.82) is 0 Å². The first-order chi connectivity index (χ1) is 16.6. The smallest absolute Gasteiger partial charge is 0.272 e.